The molecule has 1 heterocycles. The molecule has 0 aliphatic carbocycles. The molecule has 0 aliphatic rings. The van der Waals surface area contributed by atoms with E-state index in [4.69, 9.17) is 16.3 Å². The molecule has 3 aromatic rings. The second kappa shape index (κ2) is 8.62. The standard InChI is InChI=1S/C19H18ClFN4O2S/c1-11-8-15(16(27-3)9-13(11)20)22-17(26)10-28-19-24-23-18(25(19)2)12-6-4-5-7-14(12)21/h4-9H,10H2,1-3H3,(H,22,26). The highest BCUT2D eigenvalue weighted by Gasteiger charge is 2.16. The van der Waals surface area contributed by atoms with Gasteiger partial charge in [-0.3, -0.25) is 4.79 Å². The van der Waals surface area contributed by atoms with Gasteiger partial charge < -0.3 is 14.6 Å². The third-order valence-electron chi connectivity index (χ3n) is 4.04. The minimum Gasteiger partial charge on any atom is -0.495 e. The molecule has 0 fully saturated rings. The Balaban J connectivity index is 1.69. The Bertz CT molecular complexity index is 1030. The van der Waals surface area contributed by atoms with Crippen molar-refractivity contribution in [3.63, 3.8) is 0 Å². The molecular formula is C19H18ClFN4O2S. The zero-order chi connectivity index (χ0) is 20.3. The topological polar surface area (TPSA) is 69.0 Å². The van der Waals surface area contributed by atoms with Gasteiger partial charge in [-0.2, -0.15) is 0 Å². The van der Waals surface area contributed by atoms with E-state index < -0.39 is 0 Å². The van der Waals surface area contributed by atoms with E-state index in [1.165, 1.54) is 24.9 Å². The Morgan fingerprint density at radius 3 is 2.79 bits per heavy atom. The van der Waals surface area contributed by atoms with Crippen molar-refractivity contribution in [1.29, 1.82) is 0 Å². The third-order valence-corrected chi connectivity index (χ3v) is 5.46. The number of methoxy groups -OCH3 is 1. The molecular weight excluding hydrogens is 403 g/mol. The first-order valence-corrected chi connectivity index (χ1v) is 9.68. The van der Waals surface area contributed by atoms with Gasteiger partial charge in [-0.05, 0) is 30.7 Å². The molecule has 0 aliphatic heterocycles. The maximum absolute atomic E-state index is 14.0. The first-order chi connectivity index (χ1) is 13.4. The molecule has 3 rings (SSSR count). The molecule has 9 heteroatoms. The van der Waals surface area contributed by atoms with E-state index in [9.17, 15) is 9.18 Å². The van der Waals surface area contributed by atoms with Crippen molar-refractivity contribution in [3.05, 3.63) is 52.8 Å². The predicted octanol–water partition coefficient (Wildman–Crippen LogP) is 4.32. The molecule has 1 aromatic heterocycles. The van der Waals surface area contributed by atoms with E-state index in [2.05, 4.69) is 15.5 Å². The summed E-state index contributed by atoms with van der Waals surface area (Å²) in [6, 6.07) is 9.75. The van der Waals surface area contributed by atoms with Crippen LogP contribution in [-0.2, 0) is 11.8 Å². The van der Waals surface area contributed by atoms with Crippen molar-refractivity contribution in [1.82, 2.24) is 14.8 Å². The lowest BCUT2D eigenvalue weighted by atomic mass is 10.2. The van der Waals surface area contributed by atoms with Gasteiger partial charge in [0.15, 0.2) is 11.0 Å². The number of carbonyl (C=O) groups is 1. The van der Waals surface area contributed by atoms with Crippen molar-refractivity contribution in [2.24, 2.45) is 7.05 Å². The van der Waals surface area contributed by atoms with Crippen molar-refractivity contribution in [3.8, 4) is 17.1 Å². The maximum Gasteiger partial charge on any atom is 0.234 e. The summed E-state index contributed by atoms with van der Waals surface area (Å²) in [5.41, 5.74) is 1.73. The molecule has 0 bridgehead atoms. The third kappa shape index (κ3) is 4.28. The number of thioether (sulfide) groups is 1. The SMILES string of the molecule is COc1cc(Cl)c(C)cc1NC(=O)CSc1nnc(-c2ccccc2F)n1C. The van der Waals surface area contributed by atoms with Gasteiger partial charge in [-0.25, -0.2) is 4.39 Å². The van der Waals surface area contributed by atoms with Crippen LogP contribution in [0.1, 0.15) is 5.56 Å². The average Bonchev–Trinajstić information content (AvgIpc) is 3.03. The quantitative estimate of drug-likeness (QED) is 0.601. The fraction of sp³-hybridized carbons (Fsp3) is 0.211. The number of aryl methyl sites for hydroxylation is 1. The first kappa shape index (κ1) is 20.2. The lowest BCUT2D eigenvalue weighted by molar-refractivity contribution is -0.113. The Kier molecular flexibility index (Phi) is 6.21. The van der Waals surface area contributed by atoms with E-state index in [1.54, 1.807) is 41.9 Å². The highest BCUT2D eigenvalue weighted by Crippen LogP contribution is 2.31. The Morgan fingerprint density at radius 2 is 2.07 bits per heavy atom. The van der Waals surface area contributed by atoms with Gasteiger partial charge in [0.1, 0.15) is 11.6 Å². The molecule has 146 valence electrons. The fourth-order valence-electron chi connectivity index (χ4n) is 2.56. The number of benzene rings is 2. The number of halogens is 2. The van der Waals surface area contributed by atoms with Gasteiger partial charge in [0.05, 0.1) is 24.1 Å². The monoisotopic (exact) mass is 420 g/mol. The van der Waals surface area contributed by atoms with Crippen molar-refractivity contribution in [2.75, 3.05) is 18.2 Å². The van der Waals surface area contributed by atoms with Crippen LogP contribution in [0.3, 0.4) is 0 Å². The molecule has 0 saturated heterocycles. The van der Waals surface area contributed by atoms with Crippen LogP contribution in [0.15, 0.2) is 41.6 Å². The van der Waals surface area contributed by atoms with Crippen molar-refractivity contribution >= 4 is 35.0 Å². The lowest BCUT2D eigenvalue weighted by Gasteiger charge is -2.12. The minimum atomic E-state index is -0.377. The van der Waals surface area contributed by atoms with Crippen molar-refractivity contribution < 1.29 is 13.9 Å². The molecule has 6 nitrogen and oxygen atoms in total. The van der Waals surface area contributed by atoms with Crippen molar-refractivity contribution in [2.45, 2.75) is 12.1 Å². The van der Waals surface area contributed by atoms with Gasteiger partial charge >= 0.3 is 0 Å². The van der Waals surface area contributed by atoms with Crippen LogP contribution in [0.4, 0.5) is 10.1 Å². The average molecular weight is 421 g/mol. The van der Waals surface area contributed by atoms with Crippen LogP contribution in [0.2, 0.25) is 5.02 Å². The summed E-state index contributed by atoms with van der Waals surface area (Å²) < 4.78 is 20.9. The van der Waals surface area contributed by atoms with E-state index in [1.807, 2.05) is 6.92 Å². The molecule has 28 heavy (non-hydrogen) atoms. The minimum absolute atomic E-state index is 0.105. The summed E-state index contributed by atoms with van der Waals surface area (Å²) in [4.78, 5) is 12.4. The number of nitrogens with zero attached hydrogens (tertiary/aromatic N) is 3. The Labute approximate surface area is 171 Å². The van der Waals surface area contributed by atoms with Crippen LogP contribution < -0.4 is 10.1 Å². The molecule has 0 spiro atoms. The summed E-state index contributed by atoms with van der Waals surface area (Å²) in [6.45, 7) is 1.84. The maximum atomic E-state index is 14.0. The summed E-state index contributed by atoms with van der Waals surface area (Å²) in [6.07, 6.45) is 0. The number of ether oxygens (including phenoxy) is 1. The summed E-state index contributed by atoms with van der Waals surface area (Å²) in [7, 11) is 3.24. The largest absolute Gasteiger partial charge is 0.495 e. The number of hydrogen-bond acceptors (Lipinski definition) is 5. The molecule has 0 saturated carbocycles. The molecule has 0 unspecified atom stereocenters. The number of hydrogen-bond donors (Lipinski definition) is 1. The molecule has 0 atom stereocenters. The summed E-state index contributed by atoms with van der Waals surface area (Å²) in [5.74, 6) is 0.372. The predicted molar refractivity (Wildman–Crippen MR) is 108 cm³/mol. The van der Waals surface area contributed by atoms with E-state index in [0.29, 0.717) is 33.0 Å². The lowest BCUT2D eigenvalue weighted by Crippen LogP contribution is -2.15. The summed E-state index contributed by atoms with van der Waals surface area (Å²) >= 11 is 7.29. The van der Waals surface area contributed by atoms with Crippen LogP contribution >= 0.6 is 23.4 Å². The first-order valence-electron chi connectivity index (χ1n) is 8.31. The zero-order valence-electron chi connectivity index (χ0n) is 15.5. The smallest absolute Gasteiger partial charge is 0.234 e. The Hall–Kier alpha value is -2.58. The van der Waals surface area contributed by atoms with Gasteiger partial charge in [-0.1, -0.05) is 35.5 Å². The normalized spacial score (nSPS) is 10.8. The number of aromatic nitrogens is 3. The molecule has 1 amide bonds. The second-order valence-electron chi connectivity index (χ2n) is 5.98. The highest BCUT2D eigenvalue weighted by molar-refractivity contribution is 7.99. The number of carbonyl (C=O) groups excluding carboxylic acids is 1. The van der Waals surface area contributed by atoms with E-state index in [-0.39, 0.29) is 17.5 Å². The zero-order valence-corrected chi connectivity index (χ0v) is 17.1. The Morgan fingerprint density at radius 1 is 1.32 bits per heavy atom. The van der Waals surface area contributed by atoms with Crippen LogP contribution in [0.5, 0.6) is 5.75 Å². The van der Waals surface area contributed by atoms with Crippen LogP contribution in [0.25, 0.3) is 11.4 Å². The van der Waals surface area contributed by atoms with Gasteiger partial charge in [0.2, 0.25) is 5.91 Å². The van der Waals surface area contributed by atoms with E-state index in [0.717, 1.165) is 5.56 Å². The highest BCUT2D eigenvalue weighted by atomic mass is 35.5. The molecule has 2 aromatic carbocycles. The summed E-state index contributed by atoms with van der Waals surface area (Å²) in [5, 5.41) is 12.0. The van der Waals surface area contributed by atoms with Gasteiger partial charge in [-0.15, -0.1) is 10.2 Å². The second-order valence-corrected chi connectivity index (χ2v) is 7.33. The van der Waals surface area contributed by atoms with Crippen LogP contribution in [0, 0.1) is 12.7 Å². The van der Waals surface area contributed by atoms with Crippen LogP contribution in [-0.4, -0.2) is 33.5 Å². The van der Waals surface area contributed by atoms with Gasteiger partial charge in [0.25, 0.3) is 0 Å². The fourth-order valence-corrected chi connectivity index (χ4v) is 3.43. The van der Waals surface area contributed by atoms with E-state index >= 15 is 0 Å². The number of amides is 1. The number of rotatable bonds is 6. The number of anilines is 1. The number of nitrogens with one attached hydrogen (secondary N) is 1. The molecule has 0 radical (unpaired) electrons. The van der Waals surface area contributed by atoms with Gasteiger partial charge in [0, 0.05) is 18.1 Å². The molecule has 1 N–H and O–H groups in total.